The SMILES string of the molecule is CC(C(=O)NCCc1ccc(S(N)(=O)=O)cc1)N1CCC(NC(=O)Nc2ccccc2)CC1. The zero-order valence-electron chi connectivity index (χ0n) is 18.7. The molecule has 33 heavy (non-hydrogen) atoms. The number of nitrogens with two attached hydrogens (primary N) is 1. The monoisotopic (exact) mass is 473 g/mol. The number of nitrogens with one attached hydrogen (secondary N) is 3. The molecule has 1 heterocycles. The molecule has 5 N–H and O–H groups in total. The highest BCUT2D eigenvalue weighted by Gasteiger charge is 2.27. The van der Waals surface area contributed by atoms with Crippen LogP contribution in [0.25, 0.3) is 0 Å². The van der Waals surface area contributed by atoms with Crippen molar-refractivity contribution >= 4 is 27.6 Å². The van der Waals surface area contributed by atoms with E-state index in [2.05, 4.69) is 20.9 Å². The smallest absolute Gasteiger partial charge is 0.319 e. The first-order chi connectivity index (χ1) is 15.7. The average Bonchev–Trinajstić information content (AvgIpc) is 2.79. The fourth-order valence-corrected chi connectivity index (χ4v) is 4.31. The minimum atomic E-state index is -3.70. The second-order valence-electron chi connectivity index (χ2n) is 8.18. The first kappa shape index (κ1) is 24.7. The standard InChI is InChI=1S/C23H31N5O4S/c1-17(22(29)25-14-11-18-7-9-21(10-8-18)33(24,31)32)28-15-12-20(13-16-28)27-23(30)26-19-5-3-2-4-6-19/h2-10,17,20H,11-16H2,1H3,(H,25,29)(H2,24,31,32)(H2,26,27,30). The van der Waals surface area contributed by atoms with Crippen LogP contribution in [0.2, 0.25) is 0 Å². The summed E-state index contributed by atoms with van der Waals surface area (Å²) in [7, 11) is -3.70. The Balaban J connectivity index is 1.37. The number of piperidine rings is 1. The Morgan fingerprint density at radius 3 is 2.30 bits per heavy atom. The third-order valence-electron chi connectivity index (χ3n) is 5.79. The molecule has 0 spiro atoms. The van der Waals surface area contributed by atoms with Gasteiger partial charge in [0, 0.05) is 31.4 Å². The van der Waals surface area contributed by atoms with E-state index in [1.165, 1.54) is 12.1 Å². The lowest BCUT2D eigenvalue weighted by molar-refractivity contribution is -0.126. The van der Waals surface area contributed by atoms with E-state index in [0.29, 0.717) is 13.0 Å². The summed E-state index contributed by atoms with van der Waals surface area (Å²) in [6.07, 6.45) is 2.14. The molecule has 10 heteroatoms. The largest absolute Gasteiger partial charge is 0.354 e. The number of carbonyl (C=O) groups excluding carboxylic acids is 2. The molecule has 0 saturated carbocycles. The van der Waals surface area contributed by atoms with E-state index in [1.807, 2.05) is 37.3 Å². The number of hydrogen-bond donors (Lipinski definition) is 4. The molecule has 3 rings (SSSR count). The molecular weight excluding hydrogens is 442 g/mol. The van der Waals surface area contributed by atoms with Crippen molar-refractivity contribution in [1.29, 1.82) is 0 Å². The predicted molar refractivity (Wildman–Crippen MR) is 127 cm³/mol. The second-order valence-corrected chi connectivity index (χ2v) is 9.74. The molecule has 0 bridgehead atoms. The van der Waals surface area contributed by atoms with Crippen LogP contribution in [0.1, 0.15) is 25.3 Å². The van der Waals surface area contributed by atoms with Gasteiger partial charge in [0.1, 0.15) is 0 Å². The molecule has 2 aromatic carbocycles. The van der Waals surface area contributed by atoms with E-state index in [-0.39, 0.29) is 28.9 Å². The summed E-state index contributed by atoms with van der Waals surface area (Å²) in [5.41, 5.74) is 1.66. The summed E-state index contributed by atoms with van der Waals surface area (Å²) < 4.78 is 22.6. The van der Waals surface area contributed by atoms with Crippen LogP contribution in [0.3, 0.4) is 0 Å². The zero-order valence-corrected chi connectivity index (χ0v) is 19.5. The maximum Gasteiger partial charge on any atom is 0.319 e. The normalized spacial score (nSPS) is 16.1. The summed E-state index contributed by atoms with van der Waals surface area (Å²) in [6, 6.07) is 15.2. The number of primary sulfonamides is 1. The highest BCUT2D eigenvalue weighted by Crippen LogP contribution is 2.14. The van der Waals surface area contributed by atoms with E-state index in [1.54, 1.807) is 12.1 Å². The topological polar surface area (TPSA) is 134 Å². The number of likely N-dealkylation sites (tertiary alicyclic amines) is 1. The highest BCUT2D eigenvalue weighted by atomic mass is 32.2. The number of sulfonamides is 1. The number of carbonyl (C=O) groups is 2. The molecule has 2 aromatic rings. The van der Waals surface area contributed by atoms with Gasteiger partial charge in [0.25, 0.3) is 0 Å². The Bertz CT molecular complexity index is 1040. The summed E-state index contributed by atoms with van der Waals surface area (Å²) in [5.74, 6) is -0.0515. The molecule has 1 atom stereocenters. The van der Waals surface area contributed by atoms with Gasteiger partial charge in [-0.3, -0.25) is 9.69 Å². The highest BCUT2D eigenvalue weighted by molar-refractivity contribution is 7.89. The first-order valence-electron chi connectivity index (χ1n) is 11.0. The fraction of sp³-hybridized carbons (Fsp3) is 0.391. The van der Waals surface area contributed by atoms with Crippen LogP contribution >= 0.6 is 0 Å². The molecule has 1 saturated heterocycles. The van der Waals surface area contributed by atoms with Gasteiger partial charge < -0.3 is 16.0 Å². The van der Waals surface area contributed by atoms with Crippen LogP contribution in [0.5, 0.6) is 0 Å². The summed E-state index contributed by atoms with van der Waals surface area (Å²) in [5, 5.41) is 13.9. The van der Waals surface area contributed by atoms with Gasteiger partial charge in [-0.1, -0.05) is 30.3 Å². The maximum absolute atomic E-state index is 12.6. The number of rotatable bonds is 8. The summed E-state index contributed by atoms with van der Waals surface area (Å²) in [6.45, 7) is 3.78. The van der Waals surface area contributed by atoms with E-state index >= 15 is 0 Å². The molecule has 1 aliphatic rings. The molecule has 1 fully saturated rings. The number of anilines is 1. The minimum Gasteiger partial charge on any atom is -0.354 e. The number of benzene rings is 2. The minimum absolute atomic E-state index is 0.0515. The van der Waals surface area contributed by atoms with Crippen LogP contribution in [-0.2, 0) is 21.2 Å². The quantitative estimate of drug-likeness (QED) is 0.463. The van der Waals surface area contributed by atoms with Gasteiger partial charge in [0.05, 0.1) is 10.9 Å². The first-order valence-corrected chi connectivity index (χ1v) is 12.5. The third-order valence-corrected chi connectivity index (χ3v) is 6.72. The van der Waals surface area contributed by atoms with Crippen LogP contribution in [0.4, 0.5) is 10.5 Å². The molecule has 1 unspecified atom stereocenters. The van der Waals surface area contributed by atoms with E-state index in [9.17, 15) is 18.0 Å². The number of para-hydroxylation sites is 1. The van der Waals surface area contributed by atoms with E-state index in [0.717, 1.165) is 37.2 Å². The number of hydrogen-bond acceptors (Lipinski definition) is 5. The lowest BCUT2D eigenvalue weighted by Crippen LogP contribution is -2.52. The van der Waals surface area contributed by atoms with Gasteiger partial charge >= 0.3 is 6.03 Å². The van der Waals surface area contributed by atoms with Crippen molar-refractivity contribution in [2.45, 2.75) is 43.2 Å². The molecule has 0 aromatic heterocycles. The molecule has 0 aliphatic carbocycles. The molecule has 178 valence electrons. The maximum atomic E-state index is 12.6. The van der Waals surface area contributed by atoms with Crippen LogP contribution in [0.15, 0.2) is 59.5 Å². The van der Waals surface area contributed by atoms with Gasteiger partial charge in [0.15, 0.2) is 0 Å². The molecular formula is C23H31N5O4S. The molecule has 0 radical (unpaired) electrons. The van der Waals surface area contributed by atoms with Gasteiger partial charge in [-0.05, 0) is 56.0 Å². The van der Waals surface area contributed by atoms with Crippen molar-refractivity contribution < 1.29 is 18.0 Å². The Kier molecular flexibility index (Phi) is 8.43. The molecule has 1 aliphatic heterocycles. The lowest BCUT2D eigenvalue weighted by atomic mass is 10.0. The summed E-state index contributed by atoms with van der Waals surface area (Å²) >= 11 is 0. The summed E-state index contributed by atoms with van der Waals surface area (Å²) in [4.78, 5) is 26.9. The Morgan fingerprint density at radius 1 is 1.06 bits per heavy atom. The van der Waals surface area contributed by atoms with Crippen molar-refractivity contribution in [1.82, 2.24) is 15.5 Å². The van der Waals surface area contributed by atoms with Crippen molar-refractivity contribution in [3.8, 4) is 0 Å². The van der Waals surface area contributed by atoms with Gasteiger partial charge in [-0.2, -0.15) is 0 Å². The fourth-order valence-electron chi connectivity index (χ4n) is 3.79. The van der Waals surface area contributed by atoms with Crippen molar-refractivity contribution in [3.63, 3.8) is 0 Å². The van der Waals surface area contributed by atoms with E-state index in [4.69, 9.17) is 5.14 Å². The zero-order chi connectivity index (χ0) is 23.8. The second kappa shape index (κ2) is 11.3. The Morgan fingerprint density at radius 2 is 1.70 bits per heavy atom. The Hall–Kier alpha value is -2.95. The number of nitrogens with zero attached hydrogens (tertiary/aromatic N) is 1. The lowest BCUT2D eigenvalue weighted by Gasteiger charge is -2.35. The molecule has 3 amide bonds. The van der Waals surface area contributed by atoms with Gasteiger partial charge in [0.2, 0.25) is 15.9 Å². The Labute approximate surface area is 194 Å². The number of amides is 3. The van der Waals surface area contributed by atoms with Crippen LogP contribution < -0.4 is 21.1 Å². The molecule has 9 nitrogen and oxygen atoms in total. The van der Waals surface area contributed by atoms with Crippen molar-refractivity contribution in [3.05, 3.63) is 60.2 Å². The third kappa shape index (κ3) is 7.55. The van der Waals surface area contributed by atoms with Crippen LogP contribution in [-0.4, -0.2) is 57.0 Å². The van der Waals surface area contributed by atoms with Crippen molar-refractivity contribution in [2.24, 2.45) is 5.14 Å². The number of urea groups is 1. The van der Waals surface area contributed by atoms with Gasteiger partial charge in [-0.15, -0.1) is 0 Å². The van der Waals surface area contributed by atoms with Crippen molar-refractivity contribution in [2.75, 3.05) is 25.0 Å². The van der Waals surface area contributed by atoms with Crippen LogP contribution in [0, 0.1) is 0 Å². The van der Waals surface area contributed by atoms with Gasteiger partial charge in [-0.25, -0.2) is 18.4 Å². The van der Waals surface area contributed by atoms with E-state index < -0.39 is 10.0 Å². The predicted octanol–water partition coefficient (Wildman–Crippen LogP) is 1.67. The average molecular weight is 474 g/mol.